The zero-order valence-corrected chi connectivity index (χ0v) is 12.6. The van der Waals surface area contributed by atoms with Crippen molar-refractivity contribution in [2.24, 2.45) is 4.36 Å². The molecule has 0 aliphatic carbocycles. The van der Waals surface area contributed by atoms with Gasteiger partial charge in [0.05, 0.1) is 18.2 Å². The largest absolute Gasteiger partial charge is 0.631 e. The van der Waals surface area contributed by atoms with E-state index in [1.807, 2.05) is 24.3 Å². The van der Waals surface area contributed by atoms with Crippen molar-refractivity contribution in [3.8, 4) is 11.3 Å². The Bertz CT molecular complexity index is 772. The van der Waals surface area contributed by atoms with Gasteiger partial charge in [0, 0.05) is 17.7 Å². The van der Waals surface area contributed by atoms with Crippen LogP contribution < -0.4 is 5.32 Å². The van der Waals surface area contributed by atoms with E-state index in [4.69, 9.17) is 0 Å². The number of carbonyl (C=O) groups excluding carboxylic acids is 1. The molecule has 0 radical (unpaired) electrons. The SMILES string of the molecule is C[S+](C)([O-])=Nc1cccc(-c2ccc3c(c2)CNC3=O)n1. The highest BCUT2D eigenvalue weighted by Crippen LogP contribution is 2.25. The molecule has 3 rings (SSSR count). The van der Waals surface area contributed by atoms with E-state index >= 15 is 0 Å². The molecule has 0 atom stereocenters. The summed E-state index contributed by atoms with van der Waals surface area (Å²) in [4.78, 5) is 16.0. The predicted molar refractivity (Wildman–Crippen MR) is 82.9 cm³/mol. The third-order valence-corrected chi connectivity index (χ3v) is 3.76. The minimum Gasteiger partial charge on any atom is -0.631 e. The fourth-order valence-electron chi connectivity index (χ4n) is 2.25. The average molecular weight is 301 g/mol. The molecule has 2 aromatic rings. The molecular weight excluding hydrogens is 286 g/mol. The van der Waals surface area contributed by atoms with E-state index < -0.39 is 10.1 Å². The van der Waals surface area contributed by atoms with Crippen LogP contribution in [0.1, 0.15) is 15.9 Å². The van der Waals surface area contributed by atoms with Crippen molar-refractivity contribution in [1.82, 2.24) is 10.3 Å². The van der Waals surface area contributed by atoms with Crippen LogP contribution in [-0.2, 0) is 16.7 Å². The number of hydrogen-bond donors (Lipinski definition) is 1. The molecule has 0 saturated carbocycles. The maximum Gasteiger partial charge on any atom is 0.251 e. The second kappa shape index (κ2) is 5.05. The van der Waals surface area contributed by atoms with Gasteiger partial charge in [-0.2, -0.15) is 0 Å². The van der Waals surface area contributed by atoms with Gasteiger partial charge in [0.15, 0.2) is 5.82 Å². The van der Waals surface area contributed by atoms with Crippen molar-refractivity contribution in [1.29, 1.82) is 0 Å². The van der Waals surface area contributed by atoms with Crippen LogP contribution in [0.3, 0.4) is 0 Å². The average Bonchev–Trinajstić information content (AvgIpc) is 2.78. The molecule has 0 saturated heterocycles. The first-order chi connectivity index (χ1) is 9.92. The molecule has 6 heteroatoms. The molecule has 5 nitrogen and oxygen atoms in total. The molecule has 0 bridgehead atoms. The first kappa shape index (κ1) is 13.9. The predicted octanol–water partition coefficient (Wildman–Crippen LogP) is 2.35. The third kappa shape index (κ3) is 3.01. The minimum atomic E-state index is -2.24. The molecule has 1 N–H and O–H groups in total. The van der Waals surface area contributed by atoms with Crippen molar-refractivity contribution >= 4 is 21.8 Å². The van der Waals surface area contributed by atoms with Gasteiger partial charge in [-0.15, -0.1) is 0 Å². The smallest absolute Gasteiger partial charge is 0.251 e. The standard InChI is InChI=1S/C15H15N3O2S/c1-21(2,20)18-14-5-3-4-13(17-14)10-6-7-12-11(8-10)9-16-15(12)19/h3-8H,9H2,1-2H3,(H-,16,17,18,19,20). The Morgan fingerprint density at radius 2 is 2.10 bits per heavy atom. The Labute approximate surface area is 124 Å². The van der Waals surface area contributed by atoms with Crippen molar-refractivity contribution in [2.45, 2.75) is 6.54 Å². The first-order valence-electron chi connectivity index (χ1n) is 6.48. The highest BCUT2D eigenvalue weighted by atomic mass is 32.3. The molecule has 0 unspecified atom stereocenters. The van der Waals surface area contributed by atoms with E-state index in [9.17, 15) is 9.35 Å². The van der Waals surface area contributed by atoms with Crippen LogP contribution in [-0.4, -0.2) is 28.0 Å². The molecule has 0 fully saturated rings. The fraction of sp³-hybridized carbons (Fsp3) is 0.200. The summed E-state index contributed by atoms with van der Waals surface area (Å²) in [5.41, 5.74) is 3.35. The van der Waals surface area contributed by atoms with Crippen molar-refractivity contribution in [3.63, 3.8) is 0 Å². The van der Waals surface area contributed by atoms with Gasteiger partial charge in [0.25, 0.3) is 5.91 Å². The van der Waals surface area contributed by atoms with E-state index in [0.29, 0.717) is 17.9 Å². The first-order valence-corrected chi connectivity index (χ1v) is 8.81. The van der Waals surface area contributed by atoms with Gasteiger partial charge >= 0.3 is 0 Å². The highest BCUT2D eigenvalue weighted by molar-refractivity contribution is 7.98. The Hall–Kier alpha value is -2.05. The summed E-state index contributed by atoms with van der Waals surface area (Å²) in [7, 11) is -2.24. The number of carbonyl (C=O) groups is 1. The number of benzene rings is 1. The molecular formula is C15H15N3O2S. The zero-order valence-electron chi connectivity index (χ0n) is 11.8. The third-order valence-electron chi connectivity index (χ3n) is 3.13. The van der Waals surface area contributed by atoms with Crippen LogP contribution in [0.25, 0.3) is 11.3 Å². The number of fused-ring (bicyclic) bond motifs is 1. The number of rotatable bonds is 2. The van der Waals surface area contributed by atoms with Crippen LogP contribution in [0.5, 0.6) is 0 Å². The maximum absolute atomic E-state index is 11.7. The zero-order chi connectivity index (χ0) is 15.0. The van der Waals surface area contributed by atoms with Crippen LogP contribution in [0, 0.1) is 0 Å². The van der Waals surface area contributed by atoms with E-state index in [0.717, 1.165) is 16.8 Å². The van der Waals surface area contributed by atoms with E-state index in [1.165, 1.54) is 0 Å². The maximum atomic E-state index is 11.7. The number of aromatic nitrogens is 1. The van der Waals surface area contributed by atoms with E-state index in [-0.39, 0.29) is 5.91 Å². The lowest BCUT2D eigenvalue weighted by atomic mass is 10.0. The second-order valence-corrected chi connectivity index (χ2v) is 7.75. The van der Waals surface area contributed by atoms with Gasteiger partial charge in [-0.3, -0.25) is 4.79 Å². The number of amides is 1. The molecule has 1 aliphatic rings. The van der Waals surface area contributed by atoms with Crippen LogP contribution in [0.4, 0.5) is 5.82 Å². The second-order valence-electron chi connectivity index (χ2n) is 5.21. The Balaban J connectivity index is 2.02. The Morgan fingerprint density at radius 1 is 1.29 bits per heavy atom. The lowest BCUT2D eigenvalue weighted by Crippen LogP contribution is -2.12. The molecule has 1 aromatic heterocycles. The summed E-state index contributed by atoms with van der Waals surface area (Å²) in [6.45, 7) is 0.545. The summed E-state index contributed by atoms with van der Waals surface area (Å²) in [6, 6.07) is 11.1. The van der Waals surface area contributed by atoms with Crippen molar-refractivity contribution in [3.05, 3.63) is 47.5 Å². The molecule has 2 heterocycles. The van der Waals surface area contributed by atoms with Crippen LogP contribution in [0.15, 0.2) is 40.8 Å². The highest BCUT2D eigenvalue weighted by Gasteiger charge is 2.19. The monoisotopic (exact) mass is 301 g/mol. The van der Waals surface area contributed by atoms with Gasteiger partial charge in [-0.05, 0) is 29.8 Å². The number of hydrogen-bond acceptors (Lipinski definition) is 4. The minimum absolute atomic E-state index is 0.0371. The van der Waals surface area contributed by atoms with Gasteiger partial charge in [0.2, 0.25) is 0 Å². The van der Waals surface area contributed by atoms with Gasteiger partial charge < -0.3 is 9.87 Å². The quantitative estimate of drug-likeness (QED) is 0.865. The lowest BCUT2D eigenvalue weighted by molar-refractivity contribution is 0.0966. The summed E-state index contributed by atoms with van der Waals surface area (Å²) in [6.07, 6.45) is 3.15. The topological polar surface area (TPSA) is 77.4 Å². The molecule has 1 aliphatic heterocycles. The number of nitrogens with one attached hydrogen (secondary N) is 1. The van der Waals surface area contributed by atoms with Gasteiger partial charge in [0.1, 0.15) is 0 Å². The summed E-state index contributed by atoms with van der Waals surface area (Å²) in [5, 5.41) is 2.79. The summed E-state index contributed by atoms with van der Waals surface area (Å²) >= 11 is 0. The van der Waals surface area contributed by atoms with Gasteiger partial charge in [-0.1, -0.05) is 26.6 Å². The molecule has 108 valence electrons. The Kier molecular flexibility index (Phi) is 3.35. The van der Waals surface area contributed by atoms with Crippen molar-refractivity contribution < 1.29 is 9.35 Å². The summed E-state index contributed by atoms with van der Waals surface area (Å²) in [5.74, 6) is 0.419. The Morgan fingerprint density at radius 3 is 2.86 bits per heavy atom. The number of nitrogens with zero attached hydrogens (tertiary/aromatic N) is 2. The van der Waals surface area contributed by atoms with Crippen LogP contribution >= 0.6 is 0 Å². The molecule has 1 aromatic carbocycles. The van der Waals surface area contributed by atoms with E-state index in [1.54, 1.807) is 24.6 Å². The lowest BCUT2D eigenvalue weighted by Gasteiger charge is -2.10. The van der Waals surface area contributed by atoms with Gasteiger partial charge in [-0.25, -0.2) is 4.98 Å². The van der Waals surface area contributed by atoms with Crippen LogP contribution in [0.2, 0.25) is 0 Å². The van der Waals surface area contributed by atoms with Crippen molar-refractivity contribution in [2.75, 3.05) is 12.5 Å². The van der Waals surface area contributed by atoms with E-state index in [2.05, 4.69) is 14.7 Å². The molecule has 0 spiro atoms. The molecule has 1 amide bonds. The summed E-state index contributed by atoms with van der Waals surface area (Å²) < 4.78 is 15.9. The fourth-order valence-corrected chi connectivity index (χ4v) is 2.80. The molecule has 21 heavy (non-hydrogen) atoms. The number of pyridine rings is 1. The normalized spacial score (nSPS) is 13.8.